The van der Waals surface area contributed by atoms with Crippen LogP contribution in [-0.4, -0.2) is 11.6 Å². The molecule has 4 aromatic carbocycles. The van der Waals surface area contributed by atoms with Gasteiger partial charge in [-0.2, -0.15) is 5.10 Å². The summed E-state index contributed by atoms with van der Waals surface area (Å²) >= 11 is 0. The molecule has 33 heavy (non-hydrogen) atoms. The highest BCUT2D eigenvalue weighted by molar-refractivity contribution is 5.99. The number of carbonyl (C=O) groups is 1. The molecule has 0 spiro atoms. The molecule has 0 bridgehead atoms. The first-order chi connectivity index (χ1) is 16.2. The number of fused-ring (bicyclic) bond motifs is 1. The van der Waals surface area contributed by atoms with Crippen molar-refractivity contribution in [3.63, 3.8) is 0 Å². The maximum atomic E-state index is 12.5. The Hall–Kier alpha value is -3.92. The van der Waals surface area contributed by atoms with E-state index in [-0.39, 0.29) is 11.8 Å². The third-order valence-electron chi connectivity index (χ3n) is 6.24. The summed E-state index contributed by atoms with van der Waals surface area (Å²) in [5, 5.41) is 6.74. The number of rotatable bonds is 7. The normalized spacial score (nSPS) is 17.5. The van der Waals surface area contributed by atoms with Crippen LogP contribution in [0, 0.1) is 5.92 Å². The number of benzene rings is 4. The summed E-state index contributed by atoms with van der Waals surface area (Å²) in [5.74, 6) is 1.10. The highest BCUT2D eigenvalue weighted by Crippen LogP contribution is 2.47. The largest absolute Gasteiger partial charge is 0.489 e. The topological polar surface area (TPSA) is 50.7 Å². The standard InChI is InChI=1S/C29H26N2O2/c1-20(30-31-29(32)28-18-27(28)23-8-3-2-4-9-23)21-14-16-25(17-15-21)33-19-24-12-7-11-22-10-5-6-13-26(22)24/h2-17,27-28H,18-19H2,1H3,(H,31,32)/b30-20+/t27-,28+/m0/s1. The number of ether oxygens (including phenoxy) is 1. The van der Waals surface area contributed by atoms with Crippen LogP contribution in [0.3, 0.4) is 0 Å². The van der Waals surface area contributed by atoms with Gasteiger partial charge in [0, 0.05) is 5.92 Å². The molecule has 1 fully saturated rings. The Balaban J connectivity index is 1.17. The van der Waals surface area contributed by atoms with Crippen molar-refractivity contribution in [1.82, 2.24) is 5.43 Å². The van der Waals surface area contributed by atoms with E-state index in [4.69, 9.17) is 4.74 Å². The zero-order valence-electron chi connectivity index (χ0n) is 18.6. The number of hydrogen-bond donors (Lipinski definition) is 1. The van der Waals surface area contributed by atoms with Gasteiger partial charge in [0.1, 0.15) is 12.4 Å². The Bertz CT molecular complexity index is 1290. The van der Waals surface area contributed by atoms with Crippen LogP contribution in [0.5, 0.6) is 5.75 Å². The molecule has 1 aliphatic rings. The zero-order valence-corrected chi connectivity index (χ0v) is 18.6. The van der Waals surface area contributed by atoms with Crippen molar-refractivity contribution in [3.8, 4) is 5.75 Å². The highest BCUT2D eigenvalue weighted by Gasteiger charge is 2.43. The summed E-state index contributed by atoms with van der Waals surface area (Å²) in [7, 11) is 0. The molecular weight excluding hydrogens is 408 g/mol. The van der Waals surface area contributed by atoms with Crippen molar-refractivity contribution in [2.75, 3.05) is 0 Å². The molecule has 4 nitrogen and oxygen atoms in total. The lowest BCUT2D eigenvalue weighted by molar-refractivity contribution is -0.122. The number of hydrogen-bond acceptors (Lipinski definition) is 3. The lowest BCUT2D eigenvalue weighted by Crippen LogP contribution is -2.21. The summed E-state index contributed by atoms with van der Waals surface area (Å²) in [4.78, 5) is 12.5. The van der Waals surface area contributed by atoms with E-state index < -0.39 is 0 Å². The molecule has 1 amide bonds. The summed E-state index contributed by atoms with van der Waals surface area (Å²) in [6, 6.07) is 32.6. The van der Waals surface area contributed by atoms with Crippen molar-refractivity contribution in [1.29, 1.82) is 0 Å². The smallest absolute Gasteiger partial charge is 0.243 e. The number of hydrazone groups is 1. The first-order valence-corrected chi connectivity index (χ1v) is 11.3. The average Bonchev–Trinajstić information content (AvgIpc) is 3.68. The van der Waals surface area contributed by atoms with Gasteiger partial charge < -0.3 is 4.74 Å². The van der Waals surface area contributed by atoms with E-state index in [0.29, 0.717) is 12.5 Å². The second-order valence-corrected chi connectivity index (χ2v) is 8.48. The van der Waals surface area contributed by atoms with Crippen LogP contribution >= 0.6 is 0 Å². The Morgan fingerprint density at radius 2 is 1.64 bits per heavy atom. The van der Waals surface area contributed by atoms with Crippen molar-refractivity contribution in [2.24, 2.45) is 11.0 Å². The molecule has 4 aromatic rings. The van der Waals surface area contributed by atoms with Crippen molar-refractivity contribution >= 4 is 22.4 Å². The Labute approximate surface area is 193 Å². The van der Waals surface area contributed by atoms with Crippen molar-refractivity contribution in [2.45, 2.75) is 25.9 Å². The van der Waals surface area contributed by atoms with Gasteiger partial charge in [0.15, 0.2) is 0 Å². The third kappa shape index (κ3) is 4.80. The average molecular weight is 435 g/mol. The van der Waals surface area contributed by atoms with E-state index in [1.165, 1.54) is 16.3 Å². The lowest BCUT2D eigenvalue weighted by atomic mass is 10.1. The number of amides is 1. The number of nitrogens with one attached hydrogen (secondary N) is 1. The minimum absolute atomic E-state index is 0.00814. The van der Waals surface area contributed by atoms with Crippen LogP contribution in [0.1, 0.15) is 36.0 Å². The molecule has 0 aromatic heterocycles. The third-order valence-corrected chi connectivity index (χ3v) is 6.24. The van der Waals surface area contributed by atoms with E-state index in [1.54, 1.807) is 0 Å². The van der Waals surface area contributed by atoms with Gasteiger partial charge in [0.05, 0.1) is 5.71 Å². The fraction of sp³-hybridized carbons (Fsp3) is 0.172. The molecule has 164 valence electrons. The zero-order chi connectivity index (χ0) is 22.6. The fourth-order valence-corrected chi connectivity index (χ4v) is 4.21. The fourth-order valence-electron chi connectivity index (χ4n) is 4.21. The molecule has 1 saturated carbocycles. The van der Waals surface area contributed by atoms with Gasteiger partial charge in [-0.3, -0.25) is 4.79 Å². The van der Waals surface area contributed by atoms with Crippen LogP contribution in [-0.2, 0) is 11.4 Å². The minimum atomic E-state index is -0.0155. The summed E-state index contributed by atoms with van der Waals surface area (Å²) in [6.45, 7) is 2.40. The van der Waals surface area contributed by atoms with Gasteiger partial charge in [0.25, 0.3) is 0 Å². The molecule has 1 aliphatic carbocycles. The predicted octanol–water partition coefficient (Wildman–Crippen LogP) is 6.06. The first kappa shape index (κ1) is 21.0. The predicted molar refractivity (Wildman–Crippen MR) is 132 cm³/mol. The van der Waals surface area contributed by atoms with Gasteiger partial charge >= 0.3 is 0 Å². The van der Waals surface area contributed by atoms with Gasteiger partial charge in [-0.25, -0.2) is 5.43 Å². The van der Waals surface area contributed by atoms with Crippen molar-refractivity contribution < 1.29 is 9.53 Å². The van der Waals surface area contributed by atoms with Gasteiger partial charge in [0.2, 0.25) is 5.91 Å². The highest BCUT2D eigenvalue weighted by atomic mass is 16.5. The summed E-state index contributed by atoms with van der Waals surface area (Å²) < 4.78 is 6.02. The summed E-state index contributed by atoms with van der Waals surface area (Å²) in [6.07, 6.45) is 0.882. The number of carbonyl (C=O) groups excluding carboxylic acids is 1. The van der Waals surface area contributed by atoms with Gasteiger partial charge in [-0.15, -0.1) is 0 Å². The van der Waals surface area contributed by atoms with E-state index in [1.807, 2.05) is 61.5 Å². The van der Waals surface area contributed by atoms with E-state index >= 15 is 0 Å². The molecular formula is C29H26N2O2. The lowest BCUT2D eigenvalue weighted by Gasteiger charge is -2.10. The number of nitrogens with zero attached hydrogens (tertiary/aromatic N) is 1. The summed E-state index contributed by atoms with van der Waals surface area (Å²) in [5.41, 5.74) is 6.83. The Morgan fingerprint density at radius 3 is 2.45 bits per heavy atom. The maximum absolute atomic E-state index is 12.5. The molecule has 4 heteroatoms. The van der Waals surface area contributed by atoms with Gasteiger partial charge in [-0.1, -0.05) is 72.8 Å². The minimum Gasteiger partial charge on any atom is -0.489 e. The molecule has 1 N–H and O–H groups in total. The molecule has 0 unspecified atom stereocenters. The monoisotopic (exact) mass is 434 g/mol. The molecule has 0 radical (unpaired) electrons. The van der Waals surface area contributed by atoms with E-state index in [0.717, 1.165) is 29.0 Å². The second kappa shape index (κ2) is 9.29. The van der Waals surface area contributed by atoms with E-state index in [9.17, 15) is 4.79 Å². The SMILES string of the molecule is C/C(=N\NC(=O)[C@@H]1C[C@H]1c1ccccc1)c1ccc(OCc2cccc3ccccc23)cc1. The molecule has 2 atom stereocenters. The second-order valence-electron chi connectivity index (χ2n) is 8.48. The van der Waals surface area contributed by atoms with E-state index in [2.05, 4.69) is 53.0 Å². The Morgan fingerprint density at radius 1 is 0.909 bits per heavy atom. The molecule has 0 saturated heterocycles. The Kier molecular flexibility index (Phi) is 5.90. The van der Waals surface area contributed by atoms with Crippen molar-refractivity contribution in [3.05, 3.63) is 114 Å². The van der Waals surface area contributed by atoms with Crippen LogP contribution in [0.4, 0.5) is 0 Å². The molecule has 0 aliphatic heterocycles. The molecule has 0 heterocycles. The maximum Gasteiger partial charge on any atom is 0.243 e. The first-order valence-electron chi connectivity index (χ1n) is 11.3. The van der Waals surface area contributed by atoms with Crippen LogP contribution in [0.15, 0.2) is 102 Å². The molecule has 5 rings (SSSR count). The van der Waals surface area contributed by atoms with Crippen LogP contribution in [0.2, 0.25) is 0 Å². The van der Waals surface area contributed by atoms with Crippen LogP contribution < -0.4 is 10.2 Å². The van der Waals surface area contributed by atoms with Gasteiger partial charge in [-0.05, 0) is 71.0 Å². The quantitative estimate of drug-likeness (QED) is 0.284. The van der Waals surface area contributed by atoms with Crippen LogP contribution in [0.25, 0.3) is 10.8 Å².